The normalized spacial score (nSPS) is 10.5. The molecule has 0 saturated carbocycles. The first kappa shape index (κ1) is 19.5. The van der Waals surface area contributed by atoms with Gasteiger partial charge in [-0.15, -0.1) is 0 Å². The van der Waals surface area contributed by atoms with Gasteiger partial charge < -0.3 is 24.7 Å². The second kappa shape index (κ2) is 10.9. The van der Waals surface area contributed by atoms with Crippen LogP contribution < -0.4 is 15.2 Å². The molecule has 0 spiro atoms. The van der Waals surface area contributed by atoms with Gasteiger partial charge in [-0.25, -0.2) is 0 Å². The first-order valence-electron chi connectivity index (χ1n) is 8.16. The van der Waals surface area contributed by atoms with Gasteiger partial charge in [0.2, 0.25) is 0 Å². The molecule has 2 N–H and O–H groups in total. The van der Waals surface area contributed by atoms with Crippen LogP contribution in [0, 0.1) is 10.1 Å². The summed E-state index contributed by atoms with van der Waals surface area (Å²) in [7, 11) is 0. The monoisotopic (exact) mass is 362 g/mol. The Morgan fingerprint density at radius 1 is 0.731 bits per heavy atom. The quantitative estimate of drug-likeness (QED) is 0.268. The molecule has 0 amide bonds. The van der Waals surface area contributed by atoms with Gasteiger partial charge in [-0.1, -0.05) is 0 Å². The molecule has 0 heterocycles. The Labute approximate surface area is 151 Å². The number of nitrogens with zero attached hydrogens (tertiary/aromatic N) is 1. The SMILES string of the molecule is Nc1ccc(OCCOCCOCCOc2ccc([N+](=O)[O-])cc2)cc1. The zero-order valence-electron chi connectivity index (χ0n) is 14.3. The highest BCUT2D eigenvalue weighted by Crippen LogP contribution is 2.17. The van der Waals surface area contributed by atoms with Gasteiger partial charge >= 0.3 is 0 Å². The fourth-order valence-electron chi connectivity index (χ4n) is 1.99. The Hall–Kier alpha value is -2.84. The summed E-state index contributed by atoms with van der Waals surface area (Å²) in [5.74, 6) is 1.32. The molecule has 0 aliphatic carbocycles. The summed E-state index contributed by atoms with van der Waals surface area (Å²) < 4.78 is 21.7. The van der Waals surface area contributed by atoms with Crippen molar-refractivity contribution >= 4 is 11.4 Å². The van der Waals surface area contributed by atoms with Gasteiger partial charge in [0, 0.05) is 17.8 Å². The predicted molar refractivity (Wildman–Crippen MR) is 96.6 cm³/mol. The number of nitrogen functional groups attached to an aromatic ring is 1. The highest BCUT2D eigenvalue weighted by atomic mass is 16.6. The molecule has 8 heteroatoms. The Morgan fingerprint density at radius 3 is 1.62 bits per heavy atom. The topological polar surface area (TPSA) is 106 Å². The first-order valence-corrected chi connectivity index (χ1v) is 8.16. The maximum atomic E-state index is 10.5. The zero-order chi connectivity index (χ0) is 18.6. The summed E-state index contributed by atoms with van der Waals surface area (Å²) in [5.41, 5.74) is 6.32. The molecule has 8 nitrogen and oxygen atoms in total. The molecular formula is C18H22N2O6. The average molecular weight is 362 g/mol. The zero-order valence-corrected chi connectivity index (χ0v) is 14.3. The number of hydrogen-bond acceptors (Lipinski definition) is 7. The third-order valence-electron chi connectivity index (χ3n) is 3.29. The van der Waals surface area contributed by atoms with Crippen LogP contribution in [0.2, 0.25) is 0 Å². The first-order chi connectivity index (χ1) is 12.6. The van der Waals surface area contributed by atoms with E-state index in [9.17, 15) is 10.1 Å². The lowest BCUT2D eigenvalue weighted by atomic mass is 10.3. The van der Waals surface area contributed by atoms with Crippen LogP contribution in [0.3, 0.4) is 0 Å². The Morgan fingerprint density at radius 2 is 1.15 bits per heavy atom. The Bertz CT molecular complexity index is 660. The lowest BCUT2D eigenvalue weighted by Gasteiger charge is -2.09. The van der Waals surface area contributed by atoms with Crippen molar-refractivity contribution < 1.29 is 23.9 Å². The molecule has 2 aromatic rings. The van der Waals surface area contributed by atoms with Crippen molar-refractivity contribution in [2.45, 2.75) is 0 Å². The number of rotatable bonds is 12. The van der Waals surface area contributed by atoms with Crippen LogP contribution in [0.5, 0.6) is 11.5 Å². The molecule has 0 radical (unpaired) electrons. The maximum absolute atomic E-state index is 10.5. The van der Waals surface area contributed by atoms with Crippen LogP contribution in [0.1, 0.15) is 0 Å². The van der Waals surface area contributed by atoms with E-state index in [1.807, 2.05) is 12.1 Å². The Balaban J connectivity index is 1.43. The summed E-state index contributed by atoms with van der Waals surface area (Å²) in [4.78, 5) is 10.1. The summed E-state index contributed by atoms with van der Waals surface area (Å²) in [6.07, 6.45) is 0. The molecule has 0 saturated heterocycles. The number of anilines is 1. The highest BCUT2D eigenvalue weighted by molar-refractivity contribution is 5.41. The van der Waals surface area contributed by atoms with Crippen molar-refractivity contribution in [3.05, 3.63) is 58.6 Å². The molecule has 0 atom stereocenters. The molecule has 0 aliphatic heterocycles. The molecule has 0 bridgehead atoms. The van der Waals surface area contributed by atoms with Crippen LogP contribution in [-0.2, 0) is 9.47 Å². The summed E-state index contributed by atoms with van der Waals surface area (Å²) >= 11 is 0. The van der Waals surface area contributed by atoms with Gasteiger partial charge in [0.15, 0.2) is 0 Å². The van der Waals surface area contributed by atoms with Crippen LogP contribution >= 0.6 is 0 Å². The minimum atomic E-state index is -0.451. The van der Waals surface area contributed by atoms with E-state index >= 15 is 0 Å². The number of nitrogens with two attached hydrogens (primary N) is 1. The number of benzene rings is 2. The van der Waals surface area contributed by atoms with E-state index in [0.29, 0.717) is 51.1 Å². The molecule has 0 aliphatic rings. The fraction of sp³-hybridized carbons (Fsp3) is 0.333. The number of nitro groups is 1. The van der Waals surface area contributed by atoms with Crippen molar-refractivity contribution in [1.29, 1.82) is 0 Å². The van der Waals surface area contributed by atoms with E-state index in [-0.39, 0.29) is 5.69 Å². The van der Waals surface area contributed by atoms with Crippen molar-refractivity contribution in [1.82, 2.24) is 0 Å². The molecule has 0 unspecified atom stereocenters. The van der Waals surface area contributed by atoms with E-state index in [1.54, 1.807) is 24.3 Å². The van der Waals surface area contributed by atoms with E-state index in [0.717, 1.165) is 5.75 Å². The smallest absolute Gasteiger partial charge is 0.269 e. The van der Waals surface area contributed by atoms with Crippen LogP contribution in [-0.4, -0.2) is 44.6 Å². The van der Waals surface area contributed by atoms with Crippen LogP contribution in [0.15, 0.2) is 48.5 Å². The van der Waals surface area contributed by atoms with Gasteiger partial charge in [0.1, 0.15) is 24.7 Å². The van der Waals surface area contributed by atoms with Gasteiger partial charge in [-0.3, -0.25) is 10.1 Å². The van der Waals surface area contributed by atoms with E-state index < -0.39 is 4.92 Å². The van der Waals surface area contributed by atoms with E-state index in [4.69, 9.17) is 24.7 Å². The molecule has 2 rings (SSSR count). The minimum Gasteiger partial charge on any atom is -0.491 e. The average Bonchev–Trinajstić information content (AvgIpc) is 2.65. The summed E-state index contributed by atoms with van der Waals surface area (Å²) in [5, 5.41) is 10.5. The van der Waals surface area contributed by atoms with Gasteiger partial charge in [0.05, 0.1) is 31.4 Å². The third-order valence-corrected chi connectivity index (χ3v) is 3.29. The number of nitro benzene ring substituents is 1. The number of ether oxygens (including phenoxy) is 4. The molecule has 0 aromatic heterocycles. The second-order valence-electron chi connectivity index (χ2n) is 5.24. The second-order valence-corrected chi connectivity index (χ2v) is 5.24. The molecule has 2 aromatic carbocycles. The molecule has 140 valence electrons. The molecular weight excluding hydrogens is 340 g/mol. The van der Waals surface area contributed by atoms with Crippen molar-refractivity contribution in [2.75, 3.05) is 45.4 Å². The van der Waals surface area contributed by atoms with Gasteiger partial charge in [-0.2, -0.15) is 0 Å². The predicted octanol–water partition coefficient (Wildman–Crippen LogP) is 2.67. The maximum Gasteiger partial charge on any atom is 0.269 e. The standard InChI is InChI=1S/C18H22N2O6/c19-15-1-5-17(6-2-15)25-13-11-23-9-10-24-12-14-26-18-7-3-16(4-8-18)20(21)22/h1-8H,9-14,19H2. The van der Waals surface area contributed by atoms with Gasteiger partial charge in [0.25, 0.3) is 5.69 Å². The van der Waals surface area contributed by atoms with Crippen molar-refractivity contribution in [2.24, 2.45) is 0 Å². The fourth-order valence-corrected chi connectivity index (χ4v) is 1.99. The highest BCUT2D eigenvalue weighted by Gasteiger charge is 2.04. The summed E-state index contributed by atoms with van der Waals surface area (Å²) in [6.45, 7) is 2.59. The van der Waals surface area contributed by atoms with E-state index in [1.165, 1.54) is 12.1 Å². The number of hydrogen-bond donors (Lipinski definition) is 1. The van der Waals surface area contributed by atoms with Gasteiger partial charge in [-0.05, 0) is 36.4 Å². The molecule has 0 fully saturated rings. The van der Waals surface area contributed by atoms with Crippen molar-refractivity contribution in [3.8, 4) is 11.5 Å². The summed E-state index contributed by atoms with van der Waals surface area (Å²) in [6, 6.07) is 13.1. The van der Waals surface area contributed by atoms with Crippen LogP contribution in [0.25, 0.3) is 0 Å². The van der Waals surface area contributed by atoms with Crippen molar-refractivity contribution in [3.63, 3.8) is 0 Å². The minimum absolute atomic E-state index is 0.0334. The third kappa shape index (κ3) is 7.37. The molecule has 26 heavy (non-hydrogen) atoms. The van der Waals surface area contributed by atoms with E-state index in [2.05, 4.69) is 0 Å². The Kier molecular flexibility index (Phi) is 8.17. The van der Waals surface area contributed by atoms with Crippen LogP contribution in [0.4, 0.5) is 11.4 Å². The largest absolute Gasteiger partial charge is 0.491 e. The number of non-ortho nitro benzene ring substituents is 1. The lowest BCUT2D eigenvalue weighted by molar-refractivity contribution is -0.384. The lowest BCUT2D eigenvalue weighted by Crippen LogP contribution is -2.13.